The van der Waals surface area contributed by atoms with Crippen LogP contribution in [0.4, 0.5) is 0 Å². The molecule has 0 unspecified atom stereocenters. The number of benzene rings is 2. The third-order valence-electron chi connectivity index (χ3n) is 6.66. The standard InChI is InChI=1S/C27H31Cl2N3O3S/c1-16(2)21-10-8-17(3)12-24(21)35-25(33)15-36-27-31-30-26(18-6-5-7-19(28)13-18)32(27)22-14-20(29)9-11-23(22)34-4/h5-7,9,11,13-14,16-17,21,24H,8,10,12,15H2,1-4H3/t17-,21-,24+/m0/s1. The fraction of sp³-hybridized carbons (Fsp3) is 0.444. The molecule has 1 aromatic heterocycles. The zero-order valence-corrected chi connectivity index (χ0v) is 23.2. The molecule has 0 amide bonds. The first kappa shape index (κ1) is 26.8. The summed E-state index contributed by atoms with van der Waals surface area (Å²) in [5.74, 6) is 2.46. The lowest BCUT2D eigenvalue weighted by Crippen LogP contribution is -2.36. The molecule has 1 aliphatic rings. The molecule has 1 saturated carbocycles. The van der Waals surface area contributed by atoms with Gasteiger partial charge in [-0.3, -0.25) is 9.36 Å². The number of aromatic nitrogens is 3. The summed E-state index contributed by atoms with van der Waals surface area (Å²) in [6.45, 7) is 6.63. The van der Waals surface area contributed by atoms with Gasteiger partial charge in [-0.25, -0.2) is 0 Å². The highest BCUT2D eigenvalue weighted by Crippen LogP contribution is 2.37. The zero-order chi connectivity index (χ0) is 25.8. The van der Waals surface area contributed by atoms with Crippen LogP contribution in [0.5, 0.6) is 5.75 Å². The number of hydrogen-bond donors (Lipinski definition) is 0. The van der Waals surface area contributed by atoms with Crippen molar-refractivity contribution in [2.45, 2.75) is 51.3 Å². The Bertz CT molecular complexity index is 1220. The Morgan fingerprint density at radius 2 is 1.92 bits per heavy atom. The average molecular weight is 549 g/mol. The molecule has 2 aromatic carbocycles. The maximum Gasteiger partial charge on any atom is 0.316 e. The molecule has 1 heterocycles. The van der Waals surface area contributed by atoms with Crippen LogP contribution in [0.15, 0.2) is 47.6 Å². The normalized spacial score (nSPS) is 19.9. The number of halogens is 2. The van der Waals surface area contributed by atoms with Gasteiger partial charge in [-0.05, 0) is 60.9 Å². The lowest BCUT2D eigenvalue weighted by molar-refractivity contribution is -0.152. The minimum atomic E-state index is -0.248. The highest BCUT2D eigenvalue weighted by atomic mass is 35.5. The zero-order valence-electron chi connectivity index (χ0n) is 20.9. The summed E-state index contributed by atoms with van der Waals surface area (Å²) in [6.07, 6.45) is 3.14. The van der Waals surface area contributed by atoms with Gasteiger partial charge in [0.05, 0.1) is 18.6 Å². The second-order valence-corrected chi connectivity index (χ2v) is 11.4. The fourth-order valence-corrected chi connectivity index (χ4v) is 5.89. The number of carbonyl (C=O) groups excluding carboxylic acids is 1. The number of thioether (sulfide) groups is 1. The van der Waals surface area contributed by atoms with E-state index in [2.05, 4.69) is 31.0 Å². The van der Waals surface area contributed by atoms with Crippen LogP contribution < -0.4 is 4.74 Å². The first-order valence-electron chi connectivity index (χ1n) is 12.1. The fourth-order valence-electron chi connectivity index (χ4n) is 4.81. The van der Waals surface area contributed by atoms with Crippen LogP contribution in [0.25, 0.3) is 17.1 Å². The summed E-state index contributed by atoms with van der Waals surface area (Å²) in [6, 6.07) is 12.7. The molecule has 4 rings (SSSR count). The Labute approximate surface area is 226 Å². The highest BCUT2D eigenvalue weighted by Gasteiger charge is 2.33. The maximum atomic E-state index is 12.9. The van der Waals surface area contributed by atoms with Gasteiger partial charge in [0.1, 0.15) is 11.9 Å². The largest absolute Gasteiger partial charge is 0.495 e. The summed E-state index contributed by atoms with van der Waals surface area (Å²) in [5, 5.41) is 10.5. The third-order valence-corrected chi connectivity index (χ3v) is 8.03. The molecule has 1 fully saturated rings. The summed E-state index contributed by atoms with van der Waals surface area (Å²) in [5.41, 5.74) is 1.45. The van der Waals surface area contributed by atoms with Crippen molar-refractivity contribution in [3.63, 3.8) is 0 Å². The molecule has 0 saturated heterocycles. The maximum absolute atomic E-state index is 12.9. The Kier molecular flexibility index (Phi) is 8.86. The van der Waals surface area contributed by atoms with Gasteiger partial charge in [-0.1, -0.05) is 74.3 Å². The molecule has 192 valence electrons. The van der Waals surface area contributed by atoms with E-state index in [4.69, 9.17) is 32.7 Å². The molecule has 3 aromatic rings. The summed E-state index contributed by atoms with van der Waals surface area (Å²) < 4.78 is 13.4. The Balaban J connectivity index is 1.61. The topological polar surface area (TPSA) is 66.2 Å². The van der Waals surface area contributed by atoms with Crippen LogP contribution in [0.3, 0.4) is 0 Å². The van der Waals surface area contributed by atoms with Crippen molar-refractivity contribution in [3.05, 3.63) is 52.5 Å². The molecule has 9 heteroatoms. The number of esters is 1. The van der Waals surface area contributed by atoms with Gasteiger partial charge < -0.3 is 9.47 Å². The van der Waals surface area contributed by atoms with Crippen LogP contribution in [0, 0.1) is 17.8 Å². The smallest absolute Gasteiger partial charge is 0.316 e. The van der Waals surface area contributed by atoms with Gasteiger partial charge in [-0.15, -0.1) is 10.2 Å². The van der Waals surface area contributed by atoms with Gasteiger partial charge in [0.2, 0.25) is 0 Å². The summed E-state index contributed by atoms with van der Waals surface area (Å²) in [4.78, 5) is 12.9. The van der Waals surface area contributed by atoms with Crippen molar-refractivity contribution in [2.75, 3.05) is 12.9 Å². The van der Waals surface area contributed by atoms with Crippen LogP contribution in [-0.2, 0) is 9.53 Å². The van der Waals surface area contributed by atoms with E-state index in [1.165, 1.54) is 18.2 Å². The molecule has 36 heavy (non-hydrogen) atoms. The van der Waals surface area contributed by atoms with E-state index in [0.29, 0.717) is 50.2 Å². The number of methoxy groups -OCH3 is 1. The molecule has 0 spiro atoms. The monoisotopic (exact) mass is 547 g/mol. The number of hydrogen-bond acceptors (Lipinski definition) is 6. The van der Waals surface area contributed by atoms with Crippen molar-refractivity contribution in [1.82, 2.24) is 14.8 Å². The second-order valence-electron chi connectivity index (χ2n) is 9.61. The van der Waals surface area contributed by atoms with Gasteiger partial charge in [0.25, 0.3) is 0 Å². The quantitative estimate of drug-likeness (QED) is 0.217. The molecule has 0 radical (unpaired) electrons. The molecule has 0 bridgehead atoms. The minimum Gasteiger partial charge on any atom is -0.495 e. The minimum absolute atomic E-state index is 0.0465. The van der Waals surface area contributed by atoms with E-state index in [-0.39, 0.29) is 17.8 Å². The average Bonchev–Trinajstić information content (AvgIpc) is 3.26. The predicted molar refractivity (Wildman–Crippen MR) is 145 cm³/mol. The van der Waals surface area contributed by atoms with Crippen molar-refractivity contribution in [3.8, 4) is 22.8 Å². The van der Waals surface area contributed by atoms with Crippen molar-refractivity contribution < 1.29 is 14.3 Å². The number of nitrogens with zero attached hydrogens (tertiary/aromatic N) is 3. The lowest BCUT2D eigenvalue weighted by atomic mass is 9.75. The molecule has 3 atom stereocenters. The first-order chi connectivity index (χ1) is 17.3. The van der Waals surface area contributed by atoms with Crippen LogP contribution in [0.1, 0.15) is 40.0 Å². The number of ether oxygens (including phenoxy) is 2. The van der Waals surface area contributed by atoms with Crippen molar-refractivity contribution in [2.24, 2.45) is 17.8 Å². The molecule has 1 aliphatic carbocycles. The SMILES string of the molecule is COc1ccc(Cl)cc1-n1c(SCC(=O)O[C@@H]2C[C@@H](C)CC[C@H]2C(C)C)nnc1-c1cccc(Cl)c1. The number of carbonyl (C=O) groups is 1. The van der Waals surface area contributed by atoms with Crippen molar-refractivity contribution in [1.29, 1.82) is 0 Å². The van der Waals surface area contributed by atoms with E-state index in [1.807, 2.05) is 22.8 Å². The van der Waals surface area contributed by atoms with Crippen molar-refractivity contribution >= 4 is 40.9 Å². The van der Waals surface area contributed by atoms with Gasteiger partial charge in [0.15, 0.2) is 11.0 Å². The van der Waals surface area contributed by atoms with Crippen LogP contribution in [-0.4, -0.2) is 39.7 Å². The summed E-state index contributed by atoms with van der Waals surface area (Å²) in [7, 11) is 1.59. The predicted octanol–water partition coefficient (Wildman–Crippen LogP) is 7.35. The first-order valence-corrected chi connectivity index (χ1v) is 13.9. The molecule has 6 nitrogen and oxygen atoms in total. The summed E-state index contributed by atoms with van der Waals surface area (Å²) >= 11 is 13.9. The van der Waals surface area contributed by atoms with E-state index in [9.17, 15) is 4.79 Å². The van der Waals surface area contributed by atoms with Crippen LogP contribution in [0.2, 0.25) is 10.0 Å². The Morgan fingerprint density at radius 3 is 2.64 bits per heavy atom. The van der Waals surface area contributed by atoms with Gasteiger partial charge in [-0.2, -0.15) is 0 Å². The second kappa shape index (κ2) is 11.9. The van der Waals surface area contributed by atoms with Gasteiger partial charge >= 0.3 is 5.97 Å². The number of rotatable bonds is 8. The van der Waals surface area contributed by atoms with E-state index in [1.54, 1.807) is 31.4 Å². The third kappa shape index (κ3) is 6.18. The molecular formula is C27H31Cl2N3O3S. The Morgan fingerprint density at radius 1 is 1.14 bits per heavy atom. The van der Waals surface area contributed by atoms with E-state index in [0.717, 1.165) is 18.4 Å². The van der Waals surface area contributed by atoms with E-state index >= 15 is 0 Å². The molecule has 0 aliphatic heterocycles. The highest BCUT2D eigenvalue weighted by molar-refractivity contribution is 7.99. The molecular weight excluding hydrogens is 517 g/mol. The lowest BCUT2D eigenvalue weighted by Gasteiger charge is -2.36. The molecule has 0 N–H and O–H groups in total. The van der Waals surface area contributed by atoms with Gasteiger partial charge in [0, 0.05) is 15.6 Å². The Hall–Kier alpha value is -2.22. The van der Waals surface area contributed by atoms with Crippen LogP contribution >= 0.6 is 35.0 Å². The van der Waals surface area contributed by atoms with E-state index < -0.39 is 0 Å².